The molecule has 2 aliphatic rings. The molecule has 0 amide bonds. The van der Waals surface area contributed by atoms with Crippen LogP contribution in [0.2, 0.25) is 0 Å². The fourth-order valence-corrected chi connectivity index (χ4v) is 4.99. The maximum absolute atomic E-state index is 5.65. The summed E-state index contributed by atoms with van der Waals surface area (Å²) < 4.78 is 11.2. The van der Waals surface area contributed by atoms with Crippen LogP contribution in [-0.4, -0.2) is 41.3 Å². The Labute approximate surface area is 176 Å². The summed E-state index contributed by atoms with van der Waals surface area (Å²) in [7, 11) is 0. The Balaban J connectivity index is 1.33. The smallest absolute Gasteiger partial charge is 0.173 e. The number of likely N-dealkylation sites (tertiary alicyclic amines) is 1. The van der Waals surface area contributed by atoms with Crippen molar-refractivity contribution in [3.63, 3.8) is 0 Å². The minimum Gasteiger partial charge on any atom is -0.486 e. The molecule has 0 aliphatic carbocycles. The number of fused-ring (bicyclic) bond motifs is 1. The summed E-state index contributed by atoms with van der Waals surface area (Å²) in [6, 6.07) is 5.87. The van der Waals surface area contributed by atoms with Crippen molar-refractivity contribution in [1.82, 2.24) is 9.88 Å². The fraction of sp³-hybridized carbons (Fsp3) is 0.524. The maximum atomic E-state index is 5.65. The molecule has 0 unspecified atom stereocenters. The van der Waals surface area contributed by atoms with Gasteiger partial charge in [-0.05, 0) is 37.2 Å². The molecule has 1 aromatic heterocycles. The zero-order valence-corrected chi connectivity index (χ0v) is 18.3. The first-order valence-corrected chi connectivity index (χ1v) is 11.1. The van der Waals surface area contributed by atoms with Crippen LogP contribution in [0.15, 0.2) is 23.6 Å². The predicted octanol–water partition coefficient (Wildman–Crippen LogP) is 4.79. The first kappa shape index (κ1) is 19.5. The molecule has 2 aromatic rings. The van der Waals surface area contributed by atoms with E-state index in [2.05, 4.69) is 36.4 Å². The van der Waals surface area contributed by atoms with E-state index in [-0.39, 0.29) is 5.41 Å². The van der Waals surface area contributed by atoms with E-state index < -0.39 is 0 Å². The van der Waals surface area contributed by atoms with E-state index in [1.165, 1.54) is 10.7 Å². The van der Waals surface area contributed by atoms with Gasteiger partial charge in [0.25, 0.3) is 0 Å². The molecule has 28 heavy (non-hydrogen) atoms. The average Bonchev–Trinajstić information content (AvgIpc) is 3.19. The minimum absolute atomic E-state index is 0.116. The fourth-order valence-electron chi connectivity index (χ4n) is 3.47. The summed E-state index contributed by atoms with van der Waals surface area (Å²) in [5.41, 5.74) is 2.25. The van der Waals surface area contributed by atoms with Gasteiger partial charge in [0.05, 0.1) is 10.7 Å². The SMILES string of the molecule is CC(C)(C)c1csc(C2CCN(C(=S)Nc3ccc4c(c3)OCCO4)CC2)n1. The van der Waals surface area contributed by atoms with Crippen molar-refractivity contribution >= 4 is 34.4 Å². The molecular weight excluding hydrogens is 390 g/mol. The Morgan fingerprint density at radius 2 is 1.89 bits per heavy atom. The van der Waals surface area contributed by atoms with E-state index in [1.807, 2.05) is 18.2 Å². The molecule has 0 atom stereocenters. The van der Waals surface area contributed by atoms with Crippen LogP contribution in [-0.2, 0) is 5.41 Å². The van der Waals surface area contributed by atoms with Crippen LogP contribution in [0.5, 0.6) is 11.5 Å². The highest BCUT2D eigenvalue weighted by atomic mass is 32.1. The summed E-state index contributed by atoms with van der Waals surface area (Å²) in [5.74, 6) is 2.10. The number of thiocarbonyl (C=S) groups is 1. The third-order valence-corrected chi connectivity index (χ3v) is 6.58. The lowest BCUT2D eigenvalue weighted by Gasteiger charge is -2.33. The summed E-state index contributed by atoms with van der Waals surface area (Å²) in [6.45, 7) is 9.74. The van der Waals surface area contributed by atoms with Crippen molar-refractivity contribution in [2.24, 2.45) is 0 Å². The molecule has 1 N–H and O–H groups in total. The van der Waals surface area contributed by atoms with Gasteiger partial charge in [-0.25, -0.2) is 4.98 Å². The molecule has 1 fully saturated rings. The normalized spacial score (nSPS) is 17.5. The van der Waals surface area contributed by atoms with Gasteiger partial charge in [0.1, 0.15) is 13.2 Å². The molecule has 0 radical (unpaired) electrons. The Morgan fingerprint density at radius 1 is 1.18 bits per heavy atom. The molecule has 1 saturated heterocycles. The van der Waals surface area contributed by atoms with Gasteiger partial charge in [-0.3, -0.25) is 0 Å². The zero-order valence-electron chi connectivity index (χ0n) is 16.7. The third kappa shape index (κ3) is 4.25. The predicted molar refractivity (Wildman–Crippen MR) is 118 cm³/mol. The summed E-state index contributed by atoms with van der Waals surface area (Å²) in [4.78, 5) is 7.16. The van der Waals surface area contributed by atoms with E-state index in [4.69, 9.17) is 26.7 Å². The van der Waals surface area contributed by atoms with E-state index in [1.54, 1.807) is 11.3 Å². The topological polar surface area (TPSA) is 46.6 Å². The molecule has 7 heteroatoms. The van der Waals surface area contributed by atoms with Gasteiger partial charge in [-0.15, -0.1) is 11.3 Å². The van der Waals surface area contributed by atoms with Crippen LogP contribution in [0.3, 0.4) is 0 Å². The second-order valence-corrected chi connectivity index (χ2v) is 9.65. The Bertz CT molecular complexity index is 852. The molecular formula is C21H27N3O2S2. The number of benzene rings is 1. The summed E-state index contributed by atoms with van der Waals surface area (Å²) >= 11 is 7.45. The molecule has 5 nitrogen and oxygen atoms in total. The van der Waals surface area contributed by atoms with Gasteiger partial charge in [0.15, 0.2) is 16.6 Å². The number of aromatic nitrogens is 1. The highest BCUT2D eigenvalue weighted by molar-refractivity contribution is 7.80. The number of piperidine rings is 1. The summed E-state index contributed by atoms with van der Waals surface area (Å²) in [6.07, 6.45) is 2.17. The maximum Gasteiger partial charge on any atom is 0.173 e. The molecule has 1 aromatic carbocycles. The van der Waals surface area contributed by atoms with Crippen molar-refractivity contribution in [3.8, 4) is 11.5 Å². The molecule has 3 heterocycles. The number of thiazole rings is 1. The van der Waals surface area contributed by atoms with E-state index in [9.17, 15) is 0 Å². The number of nitrogens with one attached hydrogen (secondary N) is 1. The van der Waals surface area contributed by atoms with Gasteiger partial charge in [-0.1, -0.05) is 20.8 Å². The molecule has 2 aliphatic heterocycles. The number of hydrogen-bond donors (Lipinski definition) is 1. The monoisotopic (exact) mass is 417 g/mol. The zero-order chi connectivity index (χ0) is 19.7. The third-order valence-electron chi connectivity index (χ3n) is 5.22. The van der Waals surface area contributed by atoms with Crippen molar-refractivity contribution in [2.45, 2.75) is 44.9 Å². The number of ether oxygens (including phenoxy) is 2. The van der Waals surface area contributed by atoms with Crippen LogP contribution in [0.4, 0.5) is 5.69 Å². The van der Waals surface area contributed by atoms with Gasteiger partial charge in [-0.2, -0.15) is 0 Å². The van der Waals surface area contributed by atoms with Gasteiger partial charge >= 0.3 is 0 Å². The van der Waals surface area contributed by atoms with Crippen LogP contribution >= 0.6 is 23.6 Å². The molecule has 150 valence electrons. The number of anilines is 1. The Kier molecular flexibility index (Phi) is 5.47. The van der Waals surface area contributed by atoms with Gasteiger partial charge < -0.3 is 19.7 Å². The van der Waals surface area contributed by atoms with Gasteiger partial charge in [0.2, 0.25) is 0 Å². The van der Waals surface area contributed by atoms with Crippen molar-refractivity contribution in [2.75, 3.05) is 31.6 Å². The van der Waals surface area contributed by atoms with Crippen molar-refractivity contribution in [3.05, 3.63) is 34.3 Å². The second-order valence-electron chi connectivity index (χ2n) is 8.37. The Morgan fingerprint density at radius 3 is 2.57 bits per heavy atom. The standard InChI is InChI=1S/C21H27N3O2S2/c1-21(2,3)18-13-28-19(23-18)14-6-8-24(9-7-14)20(27)22-15-4-5-16-17(12-15)26-11-10-25-16/h4-5,12-14H,6-11H2,1-3H3,(H,22,27). The first-order valence-electron chi connectivity index (χ1n) is 9.81. The molecule has 0 bridgehead atoms. The minimum atomic E-state index is 0.116. The first-order chi connectivity index (χ1) is 13.4. The molecule has 0 saturated carbocycles. The van der Waals surface area contributed by atoms with Crippen LogP contribution in [0.25, 0.3) is 0 Å². The summed E-state index contributed by atoms with van der Waals surface area (Å²) in [5, 5.41) is 7.61. The second kappa shape index (κ2) is 7.87. The van der Waals surface area contributed by atoms with Crippen LogP contribution in [0.1, 0.15) is 50.2 Å². The molecule has 4 rings (SSSR count). The number of hydrogen-bond acceptors (Lipinski definition) is 5. The lowest BCUT2D eigenvalue weighted by atomic mass is 9.93. The van der Waals surface area contributed by atoms with Crippen LogP contribution < -0.4 is 14.8 Å². The number of rotatable bonds is 2. The van der Waals surface area contributed by atoms with E-state index >= 15 is 0 Å². The highest BCUT2D eigenvalue weighted by Gasteiger charge is 2.26. The number of nitrogens with zero attached hydrogens (tertiary/aromatic N) is 2. The largest absolute Gasteiger partial charge is 0.486 e. The Hall–Kier alpha value is -1.86. The highest BCUT2D eigenvalue weighted by Crippen LogP contribution is 2.34. The van der Waals surface area contributed by atoms with E-state index in [0.717, 1.165) is 48.2 Å². The van der Waals surface area contributed by atoms with Crippen LogP contribution in [0, 0.1) is 0 Å². The average molecular weight is 418 g/mol. The van der Waals surface area contributed by atoms with Crippen molar-refractivity contribution < 1.29 is 9.47 Å². The van der Waals surface area contributed by atoms with E-state index in [0.29, 0.717) is 19.1 Å². The van der Waals surface area contributed by atoms with Crippen molar-refractivity contribution in [1.29, 1.82) is 0 Å². The lowest BCUT2D eigenvalue weighted by molar-refractivity contribution is 0.171. The van der Waals surface area contributed by atoms with Gasteiger partial charge in [0, 0.05) is 41.6 Å². The molecule has 0 spiro atoms. The quantitative estimate of drug-likeness (QED) is 0.709. The lowest BCUT2D eigenvalue weighted by Crippen LogP contribution is -2.40.